The van der Waals surface area contributed by atoms with Crippen LogP contribution in [0.4, 0.5) is 13.2 Å². The number of hydrogen-bond donors (Lipinski definition) is 2. The summed E-state index contributed by atoms with van der Waals surface area (Å²) in [6.45, 7) is 2.29. The fourth-order valence-electron chi connectivity index (χ4n) is 3.23. The van der Waals surface area contributed by atoms with Crippen LogP contribution in [0.5, 0.6) is 5.75 Å². The van der Waals surface area contributed by atoms with Crippen molar-refractivity contribution in [3.05, 3.63) is 29.8 Å². The minimum atomic E-state index is -4.78. The van der Waals surface area contributed by atoms with Crippen LogP contribution in [0.3, 0.4) is 0 Å². The van der Waals surface area contributed by atoms with E-state index in [-0.39, 0.29) is 17.9 Å². The summed E-state index contributed by atoms with van der Waals surface area (Å²) in [5.74, 6) is 0.0452. The molecule has 0 spiro atoms. The number of nitrogens with two attached hydrogens (primary N) is 1. The maximum absolute atomic E-state index is 12.5. The SMILES string of the molecule is CC1CCC(CN)(C(O)c2ccccc2OC(F)(F)F)C1. The summed E-state index contributed by atoms with van der Waals surface area (Å²) in [5, 5.41) is 10.6. The molecule has 1 aliphatic carbocycles. The molecule has 0 aliphatic heterocycles. The van der Waals surface area contributed by atoms with Gasteiger partial charge in [-0.1, -0.05) is 31.5 Å². The van der Waals surface area contributed by atoms with E-state index < -0.39 is 17.9 Å². The molecule has 0 amide bonds. The molecule has 0 heterocycles. The molecule has 2 rings (SSSR count). The Bertz CT molecular complexity index is 492. The Kier molecular flexibility index (Phi) is 4.49. The summed E-state index contributed by atoms with van der Waals surface area (Å²) in [4.78, 5) is 0. The number of benzene rings is 1. The molecule has 0 bridgehead atoms. The largest absolute Gasteiger partial charge is 0.573 e. The number of halogens is 3. The Balaban J connectivity index is 2.32. The van der Waals surface area contributed by atoms with E-state index in [9.17, 15) is 18.3 Å². The van der Waals surface area contributed by atoms with Gasteiger partial charge in [0, 0.05) is 17.5 Å². The highest BCUT2D eigenvalue weighted by Gasteiger charge is 2.44. The number of para-hydroxylation sites is 1. The molecule has 0 radical (unpaired) electrons. The summed E-state index contributed by atoms with van der Waals surface area (Å²) >= 11 is 0. The van der Waals surface area contributed by atoms with Crippen LogP contribution >= 0.6 is 0 Å². The normalized spacial score (nSPS) is 27.6. The van der Waals surface area contributed by atoms with Gasteiger partial charge in [-0.2, -0.15) is 0 Å². The minimum absolute atomic E-state index is 0.148. The van der Waals surface area contributed by atoms with Gasteiger partial charge in [-0.25, -0.2) is 0 Å². The van der Waals surface area contributed by atoms with E-state index in [4.69, 9.17) is 5.73 Å². The number of alkyl halides is 3. The molecule has 21 heavy (non-hydrogen) atoms. The standard InChI is InChI=1S/C15H20F3NO2/c1-10-6-7-14(8-10,9-19)13(20)11-4-2-3-5-12(11)21-15(16,17)18/h2-5,10,13,20H,6-9,19H2,1H3. The average Bonchev–Trinajstić information content (AvgIpc) is 2.80. The molecule has 3 atom stereocenters. The lowest BCUT2D eigenvalue weighted by atomic mass is 9.76. The van der Waals surface area contributed by atoms with Crippen molar-refractivity contribution in [2.24, 2.45) is 17.1 Å². The monoisotopic (exact) mass is 303 g/mol. The van der Waals surface area contributed by atoms with Gasteiger partial charge < -0.3 is 15.6 Å². The van der Waals surface area contributed by atoms with Crippen LogP contribution in [0.15, 0.2) is 24.3 Å². The van der Waals surface area contributed by atoms with E-state index in [0.717, 1.165) is 6.42 Å². The zero-order chi connectivity index (χ0) is 15.7. The zero-order valence-corrected chi connectivity index (χ0v) is 11.9. The van der Waals surface area contributed by atoms with Crippen LogP contribution in [0.2, 0.25) is 0 Å². The third-order valence-corrected chi connectivity index (χ3v) is 4.32. The Morgan fingerprint density at radius 3 is 2.62 bits per heavy atom. The Morgan fingerprint density at radius 1 is 1.43 bits per heavy atom. The summed E-state index contributed by atoms with van der Waals surface area (Å²) in [6, 6.07) is 5.72. The molecule has 1 fully saturated rings. The summed E-state index contributed by atoms with van der Waals surface area (Å²) in [5.41, 5.74) is 5.39. The molecule has 118 valence electrons. The van der Waals surface area contributed by atoms with E-state index in [1.54, 1.807) is 6.07 Å². The van der Waals surface area contributed by atoms with Gasteiger partial charge in [0.15, 0.2) is 0 Å². The summed E-state index contributed by atoms with van der Waals surface area (Å²) in [7, 11) is 0. The number of ether oxygens (including phenoxy) is 1. The molecule has 1 aliphatic rings. The van der Waals surface area contributed by atoms with Crippen molar-refractivity contribution in [2.45, 2.75) is 38.7 Å². The Labute approximate surface area is 121 Å². The maximum Gasteiger partial charge on any atom is 0.573 e. The molecule has 6 heteroatoms. The first-order valence-electron chi connectivity index (χ1n) is 7.00. The highest BCUT2D eigenvalue weighted by atomic mass is 19.4. The van der Waals surface area contributed by atoms with E-state index >= 15 is 0 Å². The molecule has 1 saturated carbocycles. The second kappa shape index (κ2) is 5.85. The number of aliphatic hydroxyl groups excluding tert-OH is 1. The van der Waals surface area contributed by atoms with Crippen LogP contribution in [-0.2, 0) is 0 Å². The van der Waals surface area contributed by atoms with Gasteiger partial charge in [-0.15, -0.1) is 13.2 Å². The van der Waals surface area contributed by atoms with Crippen molar-refractivity contribution in [3.8, 4) is 5.75 Å². The van der Waals surface area contributed by atoms with E-state index in [0.29, 0.717) is 18.8 Å². The molecule has 3 unspecified atom stereocenters. The average molecular weight is 303 g/mol. The van der Waals surface area contributed by atoms with Crippen molar-refractivity contribution >= 4 is 0 Å². The van der Waals surface area contributed by atoms with Gasteiger partial charge in [0.1, 0.15) is 5.75 Å². The lowest BCUT2D eigenvalue weighted by molar-refractivity contribution is -0.275. The number of hydrogen-bond acceptors (Lipinski definition) is 3. The summed E-state index contributed by atoms with van der Waals surface area (Å²) < 4.78 is 41.4. The number of rotatable bonds is 4. The Morgan fingerprint density at radius 2 is 2.10 bits per heavy atom. The van der Waals surface area contributed by atoms with Crippen molar-refractivity contribution in [2.75, 3.05) is 6.54 Å². The third kappa shape index (κ3) is 3.49. The van der Waals surface area contributed by atoms with Crippen LogP contribution < -0.4 is 10.5 Å². The van der Waals surface area contributed by atoms with E-state index in [2.05, 4.69) is 11.7 Å². The van der Waals surface area contributed by atoms with Gasteiger partial charge in [0.2, 0.25) is 0 Å². The molecule has 0 saturated heterocycles. The quantitative estimate of drug-likeness (QED) is 0.896. The van der Waals surface area contributed by atoms with Crippen molar-refractivity contribution < 1.29 is 23.0 Å². The molecule has 1 aromatic rings. The van der Waals surface area contributed by atoms with Gasteiger partial charge in [-0.3, -0.25) is 0 Å². The maximum atomic E-state index is 12.5. The first kappa shape index (κ1) is 16.1. The van der Waals surface area contributed by atoms with Crippen molar-refractivity contribution in [1.29, 1.82) is 0 Å². The minimum Gasteiger partial charge on any atom is -0.405 e. The number of aliphatic hydroxyl groups is 1. The topological polar surface area (TPSA) is 55.5 Å². The van der Waals surface area contributed by atoms with Crippen LogP contribution in [0.25, 0.3) is 0 Å². The molecule has 1 aromatic carbocycles. The first-order valence-corrected chi connectivity index (χ1v) is 7.00. The summed E-state index contributed by atoms with van der Waals surface area (Å²) in [6.07, 6.45) is -3.53. The first-order chi connectivity index (χ1) is 9.77. The van der Waals surface area contributed by atoms with Crippen molar-refractivity contribution in [3.63, 3.8) is 0 Å². The highest BCUT2D eigenvalue weighted by Crippen LogP contribution is 2.50. The molecular formula is C15H20F3NO2. The van der Waals surface area contributed by atoms with Crippen LogP contribution in [0.1, 0.15) is 37.9 Å². The van der Waals surface area contributed by atoms with E-state index in [1.807, 2.05) is 0 Å². The second-order valence-electron chi connectivity index (χ2n) is 5.90. The predicted octanol–water partition coefficient (Wildman–Crippen LogP) is 3.38. The van der Waals surface area contributed by atoms with Crippen LogP contribution in [0, 0.1) is 11.3 Å². The van der Waals surface area contributed by atoms with Crippen molar-refractivity contribution in [1.82, 2.24) is 0 Å². The fourth-order valence-corrected chi connectivity index (χ4v) is 3.23. The third-order valence-electron chi connectivity index (χ3n) is 4.32. The molecule has 0 aromatic heterocycles. The van der Waals surface area contributed by atoms with Gasteiger partial charge in [0.05, 0.1) is 6.10 Å². The zero-order valence-electron chi connectivity index (χ0n) is 11.9. The highest BCUT2D eigenvalue weighted by molar-refractivity contribution is 5.36. The fraction of sp³-hybridized carbons (Fsp3) is 0.600. The molecular weight excluding hydrogens is 283 g/mol. The van der Waals surface area contributed by atoms with Gasteiger partial charge in [-0.05, 0) is 24.8 Å². The molecule has 3 N–H and O–H groups in total. The Hall–Kier alpha value is -1.27. The second-order valence-corrected chi connectivity index (χ2v) is 5.90. The lowest BCUT2D eigenvalue weighted by Gasteiger charge is -2.34. The predicted molar refractivity (Wildman–Crippen MR) is 72.6 cm³/mol. The molecule has 3 nitrogen and oxygen atoms in total. The van der Waals surface area contributed by atoms with Gasteiger partial charge >= 0.3 is 6.36 Å². The van der Waals surface area contributed by atoms with E-state index in [1.165, 1.54) is 18.2 Å². The van der Waals surface area contributed by atoms with Crippen LogP contribution in [-0.4, -0.2) is 18.0 Å². The lowest BCUT2D eigenvalue weighted by Crippen LogP contribution is -2.35. The smallest absolute Gasteiger partial charge is 0.405 e. The van der Waals surface area contributed by atoms with Gasteiger partial charge in [0.25, 0.3) is 0 Å².